The molecule has 0 spiro atoms. The Bertz CT molecular complexity index is 675. The van der Waals surface area contributed by atoms with E-state index in [0.717, 1.165) is 38.5 Å². The zero-order chi connectivity index (χ0) is 32.2. The molecular weight excluding hydrogens is 546 g/mol. The normalized spacial score (nSPS) is 12.3. The van der Waals surface area contributed by atoms with Gasteiger partial charge in [-0.05, 0) is 64.2 Å². The first-order valence-corrected chi connectivity index (χ1v) is 19.1. The lowest BCUT2D eigenvalue weighted by molar-refractivity contribution is -0.385. The summed E-state index contributed by atoms with van der Waals surface area (Å²) in [7, 11) is 0. The van der Waals surface area contributed by atoms with E-state index in [1.807, 2.05) is 0 Å². The Morgan fingerprint density at radius 3 is 1.23 bits per heavy atom. The van der Waals surface area contributed by atoms with E-state index in [4.69, 9.17) is 9.47 Å². The predicted octanol–water partition coefficient (Wildman–Crippen LogP) is 10.8. The van der Waals surface area contributed by atoms with Gasteiger partial charge in [-0.2, -0.15) is 0 Å². The minimum absolute atomic E-state index is 0.117. The van der Waals surface area contributed by atoms with Crippen LogP contribution in [0.4, 0.5) is 0 Å². The maximum absolute atomic E-state index is 12.2. The largest absolute Gasteiger partial charge is 0.461 e. The van der Waals surface area contributed by atoms with E-state index in [-0.39, 0.29) is 18.5 Å². The minimum Gasteiger partial charge on any atom is -0.461 e. The highest BCUT2D eigenvalue weighted by molar-refractivity contribution is 5.70. The topological polar surface area (TPSA) is 80.2 Å². The molecule has 5 heteroatoms. The highest BCUT2D eigenvalue weighted by atomic mass is 16.6. The Labute approximate surface area is 273 Å². The fraction of sp³-hybridized carbons (Fsp3) is 0.846. The molecule has 0 rings (SSSR count). The van der Waals surface area contributed by atoms with Crippen molar-refractivity contribution in [2.75, 3.05) is 13.2 Å². The molecule has 1 unspecified atom stereocenters. The zero-order valence-electron chi connectivity index (χ0n) is 29.4. The van der Waals surface area contributed by atoms with Gasteiger partial charge in [0.15, 0.2) is 6.10 Å². The summed E-state index contributed by atoms with van der Waals surface area (Å²) in [6.45, 7) is 5.06. The molecule has 5 nitrogen and oxygen atoms in total. The summed E-state index contributed by atoms with van der Waals surface area (Å²) in [5, 5.41) is 0. The van der Waals surface area contributed by atoms with E-state index < -0.39 is 6.10 Å². The fourth-order valence-electron chi connectivity index (χ4n) is 5.36. The Balaban J connectivity index is 3.58. The quantitative estimate of drug-likeness (QED) is 0.0441. The number of quaternary nitrogens is 1. The number of carbonyl (C=O) groups is 2. The average Bonchev–Trinajstić information content (AvgIpc) is 3.02. The molecule has 0 aliphatic rings. The highest BCUT2D eigenvalue weighted by Gasteiger charge is 2.17. The zero-order valence-corrected chi connectivity index (χ0v) is 29.4. The van der Waals surface area contributed by atoms with Crippen molar-refractivity contribution in [1.82, 2.24) is 0 Å². The van der Waals surface area contributed by atoms with Crippen molar-refractivity contribution in [3.63, 3.8) is 0 Å². The third kappa shape index (κ3) is 33.3. The van der Waals surface area contributed by atoms with Gasteiger partial charge in [0.2, 0.25) is 0 Å². The molecule has 0 aromatic rings. The third-order valence-corrected chi connectivity index (χ3v) is 8.34. The standard InChI is InChI=1S/C39H73NO4/c1-3-5-7-9-11-13-15-17-19-21-23-25-27-29-31-33-38(41)43-36-37(35-40)44-39(42)34-32-30-28-26-24-22-20-18-16-14-12-10-8-6-4-2/h17-20,37H,3-16,21-36,40H2,1-2H3/p+1/b19-17-,20-18-. The SMILES string of the molecule is CCCCCCCC/C=C\CCCCCCCC(=O)OCC(C[NH3+])OC(=O)CCCCCCC/C=C\CCCCCCCC. The average molecular weight is 621 g/mol. The second kappa shape index (κ2) is 35.9. The van der Waals surface area contributed by atoms with E-state index >= 15 is 0 Å². The number of ether oxygens (including phenoxy) is 2. The molecule has 0 heterocycles. The van der Waals surface area contributed by atoms with Gasteiger partial charge in [-0.3, -0.25) is 9.59 Å². The van der Waals surface area contributed by atoms with Gasteiger partial charge in [0.05, 0.1) is 0 Å². The van der Waals surface area contributed by atoms with E-state index in [2.05, 4.69) is 43.9 Å². The van der Waals surface area contributed by atoms with Crippen molar-refractivity contribution in [3.8, 4) is 0 Å². The smallest absolute Gasteiger partial charge is 0.306 e. The lowest BCUT2D eigenvalue weighted by Crippen LogP contribution is -2.57. The summed E-state index contributed by atoms with van der Waals surface area (Å²) in [6, 6.07) is 0. The molecule has 0 aromatic carbocycles. The number of hydrogen-bond acceptors (Lipinski definition) is 4. The number of esters is 2. The number of hydrogen-bond donors (Lipinski definition) is 1. The third-order valence-electron chi connectivity index (χ3n) is 8.34. The summed E-state index contributed by atoms with van der Waals surface area (Å²) in [6.07, 6.45) is 41.9. The van der Waals surface area contributed by atoms with Gasteiger partial charge in [0.25, 0.3) is 0 Å². The molecule has 1 atom stereocenters. The first kappa shape index (κ1) is 42.4. The molecule has 258 valence electrons. The maximum Gasteiger partial charge on any atom is 0.306 e. The summed E-state index contributed by atoms with van der Waals surface area (Å²) >= 11 is 0. The number of allylic oxidation sites excluding steroid dienone is 4. The van der Waals surface area contributed by atoms with Crippen LogP contribution in [0.25, 0.3) is 0 Å². The van der Waals surface area contributed by atoms with Crippen molar-refractivity contribution in [2.24, 2.45) is 0 Å². The second-order valence-corrected chi connectivity index (χ2v) is 12.8. The highest BCUT2D eigenvalue weighted by Crippen LogP contribution is 2.12. The minimum atomic E-state index is -0.441. The summed E-state index contributed by atoms with van der Waals surface area (Å²) < 4.78 is 10.9. The molecule has 0 amide bonds. The first-order chi connectivity index (χ1) is 21.6. The molecule has 44 heavy (non-hydrogen) atoms. The van der Waals surface area contributed by atoms with Crippen LogP contribution in [0, 0.1) is 0 Å². The van der Waals surface area contributed by atoms with Gasteiger partial charge in [-0.15, -0.1) is 0 Å². The van der Waals surface area contributed by atoms with Crippen molar-refractivity contribution in [1.29, 1.82) is 0 Å². The van der Waals surface area contributed by atoms with Crippen LogP contribution in [-0.4, -0.2) is 31.2 Å². The van der Waals surface area contributed by atoms with Crippen LogP contribution < -0.4 is 5.73 Å². The summed E-state index contributed by atoms with van der Waals surface area (Å²) in [5.74, 6) is -0.404. The summed E-state index contributed by atoms with van der Waals surface area (Å²) in [5.41, 5.74) is 3.86. The Morgan fingerprint density at radius 2 is 0.841 bits per heavy atom. The molecule has 0 saturated heterocycles. The van der Waals surface area contributed by atoms with E-state index in [9.17, 15) is 9.59 Å². The Kier molecular flexibility index (Phi) is 34.5. The summed E-state index contributed by atoms with van der Waals surface area (Å²) in [4.78, 5) is 24.3. The van der Waals surface area contributed by atoms with Crippen LogP contribution in [0.15, 0.2) is 24.3 Å². The van der Waals surface area contributed by atoms with Crippen LogP contribution in [0.1, 0.15) is 194 Å². The van der Waals surface area contributed by atoms with Gasteiger partial charge >= 0.3 is 11.9 Å². The maximum atomic E-state index is 12.2. The molecule has 3 N–H and O–H groups in total. The fourth-order valence-corrected chi connectivity index (χ4v) is 5.36. The van der Waals surface area contributed by atoms with Crippen LogP contribution in [0.2, 0.25) is 0 Å². The molecule has 0 radical (unpaired) electrons. The van der Waals surface area contributed by atoms with Crippen molar-refractivity contribution >= 4 is 11.9 Å². The van der Waals surface area contributed by atoms with Crippen LogP contribution in [-0.2, 0) is 19.1 Å². The van der Waals surface area contributed by atoms with E-state index in [1.165, 1.54) is 128 Å². The van der Waals surface area contributed by atoms with Gasteiger partial charge in [-0.25, -0.2) is 0 Å². The van der Waals surface area contributed by atoms with Gasteiger partial charge in [0, 0.05) is 12.8 Å². The lowest BCUT2D eigenvalue weighted by Gasteiger charge is -2.14. The van der Waals surface area contributed by atoms with Crippen LogP contribution >= 0.6 is 0 Å². The molecular formula is C39H74NO4+. The number of carbonyl (C=O) groups excluding carboxylic acids is 2. The molecule has 0 aliphatic heterocycles. The molecule has 0 saturated carbocycles. The molecule has 0 aliphatic carbocycles. The lowest BCUT2D eigenvalue weighted by atomic mass is 10.1. The van der Waals surface area contributed by atoms with E-state index in [0.29, 0.717) is 19.4 Å². The van der Waals surface area contributed by atoms with Crippen LogP contribution in [0.5, 0.6) is 0 Å². The van der Waals surface area contributed by atoms with Crippen molar-refractivity contribution in [3.05, 3.63) is 24.3 Å². The molecule has 0 fully saturated rings. The predicted molar refractivity (Wildman–Crippen MR) is 187 cm³/mol. The monoisotopic (exact) mass is 621 g/mol. The molecule has 0 aromatic heterocycles. The van der Waals surface area contributed by atoms with Crippen molar-refractivity contribution in [2.45, 2.75) is 200 Å². The number of rotatable bonds is 34. The van der Waals surface area contributed by atoms with E-state index in [1.54, 1.807) is 0 Å². The van der Waals surface area contributed by atoms with Gasteiger partial charge in [0.1, 0.15) is 13.2 Å². The molecule has 0 bridgehead atoms. The Hall–Kier alpha value is -1.62. The Morgan fingerprint density at radius 1 is 0.500 bits per heavy atom. The van der Waals surface area contributed by atoms with Crippen molar-refractivity contribution < 1.29 is 24.8 Å². The van der Waals surface area contributed by atoms with Gasteiger partial charge < -0.3 is 15.2 Å². The number of unbranched alkanes of at least 4 members (excludes halogenated alkanes) is 22. The van der Waals surface area contributed by atoms with Crippen LogP contribution in [0.3, 0.4) is 0 Å². The first-order valence-electron chi connectivity index (χ1n) is 19.1. The van der Waals surface area contributed by atoms with Gasteiger partial charge in [-0.1, -0.05) is 141 Å². The second-order valence-electron chi connectivity index (χ2n) is 12.8.